The molecule has 0 aliphatic carbocycles. The Bertz CT molecular complexity index is 790. The third-order valence-electron chi connectivity index (χ3n) is 4.62. The van der Waals surface area contributed by atoms with Gasteiger partial charge in [0.15, 0.2) is 0 Å². The molecule has 156 valence electrons. The predicted octanol–water partition coefficient (Wildman–Crippen LogP) is 6.61. The van der Waals surface area contributed by atoms with Crippen LogP contribution in [0.25, 0.3) is 0 Å². The Labute approximate surface area is 181 Å². The molecule has 0 saturated heterocycles. The number of hydrogen-bond acceptors (Lipinski definition) is 3. The molecule has 0 saturated carbocycles. The Morgan fingerprint density at radius 1 is 1.00 bits per heavy atom. The van der Waals surface area contributed by atoms with Crippen molar-refractivity contribution in [3.63, 3.8) is 0 Å². The molecule has 2 rings (SSSR count). The van der Waals surface area contributed by atoms with Gasteiger partial charge in [-0.1, -0.05) is 69.1 Å². The van der Waals surface area contributed by atoms with Crippen LogP contribution in [0, 0.1) is 11.8 Å². The van der Waals surface area contributed by atoms with Crippen molar-refractivity contribution in [3.05, 3.63) is 65.2 Å². The van der Waals surface area contributed by atoms with E-state index in [1.165, 1.54) is 51.2 Å². The molecular weight excluding hydrogens is 382 g/mol. The van der Waals surface area contributed by atoms with Crippen LogP contribution in [0.4, 0.5) is 5.69 Å². The lowest BCUT2D eigenvalue weighted by Gasteiger charge is -2.08. The van der Waals surface area contributed by atoms with E-state index in [1.807, 2.05) is 12.1 Å². The molecule has 0 unspecified atom stereocenters. The summed E-state index contributed by atoms with van der Waals surface area (Å²) in [6.45, 7) is 2.94. The molecule has 0 atom stereocenters. The standard InChI is InChI=1S/C25H31NO2.ClH/c1-3-4-5-6-7-8-9-10-12-21-15-17-22(18-16-21)20-26-24-14-11-13-23(19-24)25(27)28-2;/h11,13-19,26H,3-9,20H2,1-2H3;1H. The molecule has 0 aromatic heterocycles. The molecule has 29 heavy (non-hydrogen) atoms. The van der Waals surface area contributed by atoms with Crippen molar-refractivity contribution in [2.24, 2.45) is 0 Å². The number of nitrogens with one attached hydrogen (secondary N) is 1. The van der Waals surface area contributed by atoms with E-state index < -0.39 is 0 Å². The minimum absolute atomic E-state index is 0. The van der Waals surface area contributed by atoms with Crippen LogP contribution in [0.1, 0.15) is 73.4 Å². The van der Waals surface area contributed by atoms with Gasteiger partial charge in [0, 0.05) is 24.2 Å². The van der Waals surface area contributed by atoms with E-state index >= 15 is 0 Å². The van der Waals surface area contributed by atoms with Gasteiger partial charge in [0.25, 0.3) is 0 Å². The first-order valence-corrected chi connectivity index (χ1v) is 10.2. The number of esters is 1. The van der Waals surface area contributed by atoms with Crippen LogP contribution in [-0.4, -0.2) is 13.1 Å². The fourth-order valence-electron chi connectivity index (χ4n) is 2.94. The highest BCUT2D eigenvalue weighted by atomic mass is 35.5. The van der Waals surface area contributed by atoms with Crippen LogP contribution < -0.4 is 5.32 Å². The summed E-state index contributed by atoms with van der Waals surface area (Å²) >= 11 is 0. The van der Waals surface area contributed by atoms with Gasteiger partial charge in [-0.2, -0.15) is 0 Å². The number of methoxy groups -OCH3 is 1. The number of carbonyl (C=O) groups excluding carboxylic acids is 1. The number of halogens is 1. The monoisotopic (exact) mass is 413 g/mol. The maximum Gasteiger partial charge on any atom is 0.337 e. The number of unbranched alkanes of at least 4 members (excludes halogenated alkanes) is 6. The number of carbonyl (C=O) groups is 1. The van der Waals surface area contributed by atoms with Crippen molar-refractivity contribution in [3.8, 4) is 11.8 Å². The van der Waals surface area contributed by atoms with Crippen LogP contribution >= 0.6 is 12.4 Å². The molecule has 0 aliphatic heterocycles. The number of hydrogen-bond donors (Lipinski definition) is 1. The minimum Gasteiger partial charge on any atom is -0.465 e. The summed E-state index contributed by atoms with van der Waals surface area (Å²) in [5.41, 5.74) is 3.67. The first kappa shape index (κ1) is 24.6. The van der Waals surface area contributed by atoms with Crippen molar-refractivity contribution in [1.29, 1.82) is 0 Å². The third kappa shape index (κ3) is 9.54. The lowest BCUT2D eigenvalue weighted by molar-refractivity contribution is 0.0601. The molecule has 0 aliphatic rings. The van der Waals surface area contributed by atoms with Crippen LogP contribution in [0.3, 0.4) is 0 Å². The maximum atomic E-state index is 11.6. The zero-order valence-electron chi connectivity index (χ0n) is 17.5. The molecule has 0 fully saturated rings. The van der Waals surface area contributed by atoms with Gasteiger partial charge in [0.05, 0.1) is 12.7 Å². The largest absolute Gasteiger partial charge is 0.465 e. The normalized spacial score (nSPS) is 9.72. The second-order valence-electron chi connectivity index (χ2n) is 6.94. The van der Waals surface area contributed by atoms with Crippen LogP contribution in [-0.2, 0) is 11.3 Å². The fraction of sp³-hybridized carbons (Fsp3) is 0.400. The zero-order chi connectivity index (χ0) is 20.0. The van der Waals surface area contributed by atoms with Crippen LogP contribution in [0.15, 0.2) is 48.5 Å². The van der Waals surface area contributed by atoms with Gasteiger partial charge in [-0.3, -0.25) is 0 Å². The fourth-order valence-corrected chi connectivity index (χ4v) is 2.94. The van der Waals surface area contributed by atoms with Gasteiger partial charge < -0.3 is 10.1 Å². The smallest absolute Gasteiger partial charge is 0.337 e. The molecule has 0 radical (unpaired) electrons. The Morgan fingerprint density at radius 3 is 2.45 bits per heavy atom. The van der Waals surface area contributed by atoms with E-state index in [9.17, 15) is 4.79 Å². The first-order chi connectivity index (χ1) is 13.7. The topological polar surface area (TPSA) is 38.3 Å². The molecule has 4 heteroatoms. The molecule has 0 bridgehead atoms. The molecule has 2 aromatic carbocycles. The summed E-state index contributed by atoms with van der Waals surface area (Å²) in [5.74, 6) is 6.21. The molecular formula is C25H32ClNO2. The van der Waals surface area contributed by atoms with E-state index in [0.717, 1.165) is 17.7 Å². The Kier molecular flexibility index (Phi) is 12.3. The van der Waals surface area contributed by atoms with Crippen molar-refractivity contribution in [1.82, 2.24) is 0 Å². The van der Waals surface area contributed by atoms with Gasteiger partial charge in [0.2, 0.25) is 0 Å². The Morgan fingerprint density at radius 2 is 1.72 bits per heavy atom. The van der Waals surface area contributed by atoms with E-state index in [4.69, 9.17) is 4.74 Å². The highest BCUT2D eigenvalue weighted by Gasteiger charge is 2.05. The lowest BCUT2D eigenvalue weighted by atomic mass is 10.1. The summed E-state index contributed by atoms with van der Waals surface area (Å²) < 4.78 is 4.76. The predicted molar refractivity (Wildman–Crippen MR) is 124 cm³/mol. The minimum atomic E-state index is -0.326. The number of rotatable bonds is 10. The number of ether oxygens (including phenoxy) is 1. The maximum absolute atomic E-state index is 11.6. The molecule has 3 nitrogen and oxygen atoms in total. The van der Waals surface area contributed by atoms with Crippen molar-refractivity contribution < 1.29 is 9.53 Å². The van der Waals surface area contributed by atoms with Crippen LogP contribution in [0.5, 0.6) is 0 Å². The van der Waals surface area contributed by atoms with Gasteiger partial charge in [-0.05, 0) is 42.3 Å². The van der Waals surface area contributed by atoms with Gasteiger partial charge in [-0.25, -0.2) is 4.79 Å². The zero-order valence-corrected chi connectivity index (χ0v) is 18.3. The highest BCUT2D eigenvalue weighted by Crippen LogP contribution is 2.13. The van der Waals surface area contributed by atoms with Crippen molar-refractivity contribution >= 4 is 24.1 Å². The van der Waals surface area contributed by atoms with Gasteiger partial charge >= 0.3 is 5.97 Å². The van der Waals surface area contributed by atoms with Gasteiger partial charge in [0.1, 0.15) is 0 Å². The molecule has 0 spiro atoms. The second-order valence-corrected chi connectivity index (χ2v) is 6.94. The lowest BCUT2D eigenvalue weighted by Crippen LogP contribution is -2.03. The second kappa shape index (κ2) is 14.5. The van der Waals surface area contributed by atoms with E-state index in [2.05, 4.69) is 48.3 Å². The highest BCUT2D eigenvalue weighted by molar-refractivity contribution is 5.90. The molecule has 0 amide bonds. The molecule has 0 heterocycles. The SMILES string of the molecule is CCCCCCCCC#Cc1ccc(CNc2cccc(C(=O)OC)c2)cc1.Cl. The Hall–Kier alpha value is -2.44. The average molecular weight is 414 g/mol. The average Bonchev–Trinajstić information content (AvgIpc) is 2.74. The van der Waals surface area contributed by atoms with Gasteiger partial charge in [-0.15, -0.1) is 12.4 Å². The third-order valence-corrected chi connectivity index (χ3v) is 4.62. The molecule has 1 N–H and O–H groups in total. The van der Waals surface area contributed by atoms with E-state index in [-0.39, 0.29) is 18.4 Å². The van der Waals surface area contributed by atoms with E-state index in [1.54, 1.807) is 12.1 Å². The quantitative estimate of drug-likeness (QED) is 0.270. The summed E-state index contributed by atoms with van der Waals surface area (Å²) in [4.78, 5) is 11.6. The van der Waals surface area contributed by atoms with Crippen molar-refractivity contribution in [2.75, 3.05) is 12.4 Å². The summed E-state index contributed by atoms with van der Waals surface area (Å²) in [5, 5.41) is 3.34. The van der Waals surface area contributed by atoms with E-state index in [0.29, 0.717) is 12.1 Å². The summed E-state index contributed by atoms with van der Waals surface area (Å²) in [7, 11) is 1.39. The summed E-state index contributed by atoms with van der Waals surface area (Å²) in [6, 6.07) is 15.6. The number of anilines is 1. The number of benzene rings is 2. The Balaban J connectivity index is 0.00000420. The van der Waals surface area contributed by atoms with Crippen LogP contribution in [0.2, 0.25) is 0 Å². The first-order valence-electron chi connectivity index (χ1n) is 10.2. The summed E-state index contributed by atoms with van der Waals surface area (Å²) in [6.07, 6.45) is 8.80. The van der Waals surface area contributed by atoms with Crippen molar-refractivity contribution in [2.45, 2.75) is 58.4 Å². The molecule has 2 aromatic rings.